The van der Waals surface area contributed by atoms with Gasteiger partial charge in [0.25, 0.3) is 0 Å². The van der Waals surface area contributed by atoms with E-state index in [1.807, 2.05) is 42.5 Å². The number of esters is 1. The molecule has 0 saturated heterocycles. The monoisotopic (exact) mass is 482 g/mol. The lowest BCUT2D eigenvalue weighted by Crippen LogP contribution is -2.43. The smallest absolute Gasteiger partial charge is 0.407 e. The van der Waals surface area contributed by atoms with E-state index in [9.17, 15) is 14.4 Å². The number of hydrogen-bond acceptors (Lipinski definition) is 5. The van der Waals surface area contributed by atoms with E-state index in [0.717, 1.165) is 24.0 Å². The number of alkyl carbamates (subject to hydrolysis) is 1. The molecule has 2 aromatic carbocycles. The highest BCUT2D eigenvalue weighted by atomic mass is 16.5. The van der Waals surface area contributed by atoms with E-state index in [4.69, 9.17) is 9.47 Å². The van der Waals surface area contributed by atoms with Gasteiger partial charge in [0.1, 0.15) is 12.6 Å². The van der Waals surface area contributed by atoms with Gasteiger partial charge in [-0.1, -0.05) is 81.8 Å². The summed E-state index contributed by atoms with van der Waals surface area (Å²) in [5.74, 6) is -0.654. The van der Waals surface area contributed by atoms with Crippen molar-refractivity contribution in [3.05, 3.63) is 71.3 Å². The molecule has 0 heterocycles. The fourth-order valence-electron chi connectivity index (χ4n) is 3.53. The first kappa shape index (κ1) is 27.9. The van der Waals surface area contributed by atoms with Gasteiger partial charge >= 0.3 is 12.1 Å². The summed E-state index contributed by atoms with van der Waals surface area (Å²) < 4.78 is 10.0. The third-order valence-corrected chi connectivity index (χ3v) is 5.64. The second-order valence-electron chi connectivity index (χ2n) is 9.59. The average molecular weight is 483 g/mol. The van der Waals surface area contributed by atoms with Gasteiger partial charge in [0, 0.05) is 19.4 Å². The minimum atomic E-state index is -0.728. The lowest BCUT2D eigenvalue weighted by atomic mass is 9.86. The van der Waals surface area contributed by atoms with Gasteiger partial charge in [0.15, 0.2) is 0 Å². The van der Waals surface area contributed by atoms with Crippen LogP contribution < -0.4 is 10.6 Å². The molecule has 0 aromatic heterocycles. The lowest BCUT2D eigenvalue weighted by molar-refractivity contribution is -0.145. The topological polar surface area (TPSA) is 93.7 Å². The molecule has 7 nitrogen and oxygen atoms in total. The summed E-state index contributed by atoms with van der Waals surface area (Å²) in [6.07, 6.45) is 2.37. The third kappa shape index (κ3) is 10.6. The van der Waals surface area contributed by atoms with Crippen molar-refractivity contribution in [1.82, 2.24) is 10.6 Å². The molecule has 2 N–H and O–H groups in total. The molecule has 0 radical (unpaired) electrons. The predicted octanol–water partition coefficient (Wildman–Crippen LogP) is 4.67. The van der Waals surface area contributed by atoms with E-state index in [-0.39, 0.29) is 17.9 Å². The lowest BCUT2D eigenvalue weighted by Gasteiger charge is -2.20. The van der Waals surface area contributed by atoms with E-state index in [0.29, 0.717) is 25.8 Å². The number of rotatable bonds is 12. The Bertz CT molecular complexity index is 936. The Kier molecular flexibility index (Phi) is 11.3. The van der Waals surface area contributed by atoms with Crippen LogP contribution in [0.1, 0.15) is 63.1 Å². The van der Waals surface area contributed by atoms with Crippen LogP contribution in [-0.4, -0.2) is 37.7 Å². The summed E-state index contributed by atoms with van der Waals surface area (Å²) >= 11 is 0. The standard InChI is InChI=1S/C28H38N2O5/c1-28(2,3)23-16-14-21(15-17-23)19-24(26(32)34-4)30-25(31)13-9-6-10-18-29-27(33)35-20-22-11-7-5-8-12-22/h5,7-8,11-12,14-17,24H,6,9-10,13,18-20H2,1-4H3,(H,29,33)(H,30,31)/t24-/m1/s1. The number of carbonyl (C=O) groups excluding carboxylic acids is 3. The van der Waals surface area contributed by atoms with Crippen molar-refractivity contribution < 1.29 is 23.9 Å². The summed E-state index contributed by atoms with van der Waals surface area (Å²) in [4.78, 5) is 36.4. The zero-order chi connectivity index (χ0) is 25.7. The molecule has 1 atom stereocenters. The Morgan fingerprint density at radius 3 is 2.20 bits per heavy atom. The van der Waals surface area contributed by atoms with Crippen LogP contribution in [0, 0.1) is 0 Å². The Hall–Kier alpha value is -3.35. The van der Waals surface area contributed by atoms with Gasteiger partial charge in [-0.05, 0) is 34.9 Å². The van der Waals surface area contributed by atoms with Crippen molar-refractivity contribution in [1.29, 1.82) is 0 Å². The number of nitrogens with one attached hydrogen (secondary N) is 2. The quantitative estimate of drug-likeness (QED) is 0.339. The molecule has 0 aliphatic carbocycles. The molecule has 7 heteroatoms. The number of methoxy groups -OCH3 is 1. The first-order chi connectivity index (χ1) is 16.7. The van der Waals surface area contributed by atoms with Crippen molar-refractivity contribution in [3.63, 3.8) is 0 Å². The average Bonchev–Trinajstić information content (AvgIpc) is 2.84. The van der Waals surface area contributed by atoms with Gasteiger partial charge < -0.3 is 20.1 Å². The minimum Gasteiger partial charge on any atom is -0.467 e. The van der Waals surface area contributed by atoms with Crippen molar-refractivity contribution >= 4 is 18.0 Å². The van der Waals surface area contributed by atoms with Gasteiger partial charge in [0.2, 0.25) is 5.91 Å². The molecule has 2 amide bonds. The van der Waals surface area contributed by atoms with Crippen LogP contribution in [0.3, 0.4) is 0 Å². The summed E-state index contributed by atoms with van der Waals surface area (Å²) in [6, 6.07) is 16.8. The number of benzene rings is 2. The van der Waals surface area contributed by atoms with E-state index in [1.165, 1.54) is 12.7 Å². The molecule has 0 spiro atoms. The first-order valence-corrected chi connectivity index (χ1v) is 12.1. The van der Waals surface area contributed by atoms with Gasteiger partial charge in [-0.25, -0.2) is 9.59 Å². The summed E-state index contributed by atoms with van der Waals surface area (Å²) in [6.45, 7) is 7.15. The Morgan fingerprint density at radius 2 is 1.57 bits per heavy atom. The van der Waals surface area contributed by atoms with Gasteiger partial charge in [-0.3, -0.25) is 4.79 Å². The van der Waals surface area contributed by atoms with E-state index in [2.05, 4.69) is 43.5 Å². The molecular formula is C28H38N2O5. The minimum absolute atomic E-state index is 0.0481. The highest BCUT2D eigenvalue weighted by Crippen LogP contribution is 2.22. The Labute approximate surface area is 208 Å². The number of hydrogen-bond donors (Lipinski definition) is 2. The molecule has 2 rings (SSSR count). The largest absolute Gasteiger partial charge is 0.467 e. The normalized spacial score (nSPS) is 11.9. The highest BCUT2D eigenvalue weighted by molar-refractivity contribution is 5.84. The fourth-order valence-corrected chi connectivity index (χ4v) is 3.53. The summed E-state index contributed by atoms with van der Waals surface area (Å²) in [5, 5.41) is 5.51. The van der Waals surface area contributed by atoms with Gasteiger partial charge in [0.05, 0.1) is 7.11 Å². The fraction of sp³-hybridized carbons (Fsp3) is 0.464. The molecule has 0 fully saturated rings. The number of ether oxygens (including phenoxy) is 2. The summed E-state index contributed by atoms with van der Waals surface area (Å²) in [5.41, 5.74) is 3.14. The maximum absolute atomic E-state index is 12.4. The van der Waals surface area contributed by atoms with Crippen LogP contribution in [0.5, 0.6) is 0 Å². The SMILES string of the molecule is COC(=O)[C@@H](Cc1ccc(C(C)(C)C)cc1)NC(=O)CCCCCNC(=O)OCc1ccccc1. The first-order valence-electron chi connectivity index (χ1n) is 12.1. The molecule has 0 aliphatic heterocycles. The second-order valence-corrected chi connectivity index (χ2v) is 9.59. The number of unbranched alkanes of at least 4 members (excludes halogenated alkanes) is 2. The van der Waals surface area contributed by atoms with Crippen LogP contribution in [-0.2, 0) is 37.5 Å². The van der Waals surface area contributed by atoms with E-state index >= 15 is 0 Å². The number of carbonyl (C=O) groups is 3. The molecule has 190 valence electrons. The van der Waals surface area contributed by atoms with E-state index in [1.54, 1.807) is 0 Å². The van der Waals surface area contributed by atoms with Crippen LogP contribution >= 0.6 is 0 Å². The molecule has 0 unspecified atom stereocenters. The van der Waals surface area contributed by atoms with Crippen LogP contribution in [0.15, 0.2) is 54.6 Å². The van der Waals surface area contributed by atoms with Crippen LogP contribution in [0.4, 0.5) is 4.79 Å². The van der Waals surface area contributed by atoms with Gasteiger partial charge in [-0.2, -0.15) is 0 Å². The van der Waals surface area contributed by atoms with Crippen molar-refractivity contribution in [2.45, 2.75) is 70.9 Å². The molecule has 2 aromatic rings. The van der Waals surface area contributed by atoms with Crippen molar-refractivity contribution in [3.8, 4) is 0 Å². The zero-order valence-corrected chi connectivity index (χ0v) is 21.3. The predicted molar refractivity (Wildman–Crippen MR) is 136 cm³/mol. The third-order valence-electron chi connectivity index (χ3n) is 5.64. The van der Waals surface area contributed by atoms with Crippen molar-refractivity contribution in [2.75, 3.05) is 13.7 Å². The van der Waals surface area contributed by atoms with Gasteiger partial charge in [-0.15, -0.1) is 0 Å². The maximum Gasteiger partial charge on any atom is 0.407 e. The molecule has 35 heavy (non-hydrogen) atoms. The van der Waals surface area contributed by atoms with Crippen LogP contribution in [0.25, 0.3) is 0 Å². The Balaban J connectivity index is 1.66. The molecule has 0 saturated carbocycles. The molecule has 0 aliphatic rings. The maximum atomic E-state index is 12.4. The van der Waals surface area contributed by atoms with Crippen LogP contribution in [0.2, 0.25) is 0 Å². The summed E-state index contributed by atoms with van der Waals surface area (Å²) in [7, 11) is 1.32. The number of amides is 2. The molecule has 0 bridgehead atoms. The zero-order valence-electron chi connectivity index (χ0n) is 21.3. The second kappa shape index (κ2) is 14.1. The highest BCUT2D eigenvalue weighted by Gasteiger charge is 2.22. The van der Waals surface area contributed by atoms with E-state index < -0.39 is 18.1 Å². The molecular weight excluding hydrogens is 444 g/mol. The van der Waals surface area contributed by atoms with Crippen molar-refractivity contribution in [2.24, 2.45) is 0 Å². The Morgan fingerprint density at radius 1 is 0.886 bits per heavy atom.